The van der Waals surface area contributed by atoms with E-state index in [0.29, 0.717) is 19.4 Å². The number of carbonyl (C=O) groups excluding carboxylic acids is 2. The summed E-state index contributed by atoms with van der Waals surface area (Å²) in [5.41, 5.74) is 0. The highest BCUT2D eigenvalue weighted by molar-refractivity contribution is 5.76. The van der Waals surface area contributed by atoms with Crippen molar-refractivity contribution < 1.29 is 24.5 Å². The monoisotopic (exact) mass is 1210 g/mol. The molecule has 0 aliphatic heterocycles. The maximum absolute atomic E-state index is 12.6. The first kappa shape index (κ1) is 83.8. The highest BCUT2D eigenvalue weighted by atomic mass is 16.5. The third-order valence-corrected chi connectivity index (χ3v) is 18.1. The van der Waals surface area contributed by atoms with E-state index < -0.39 is 12.1 Å². The summed E-state index contributed by atoms with van der Waals surface area (Å²) in [5, 5.41) is 23.3. The molecule has 0 aromatic heterocycles. The second-order valence-electron chi connectivity index (χ2n) is 26.7. The predicted molar refractivity (Wildman–Crippen MR) is 379 cm³/mol. The largest absolute Gasteiger partial charge is 0.466 e. The molecule has 506 valence electrons. The average Bonchev–Trinajstić information content (AvgIpc) is 3.56. The molecule has 6 nitrogen and oxygen atoms in total. The van der Waals surface area contributed by atoms with Crippen molar-refractivity contribution in [2.45, 2.75) is 437 Å². The molecule has 0 fully saturated rings. The van der Waals surface area contributed by atoms with Crippen LogP contribution in [-0.4, -0.2) is 47.4 Å². The van der Waals surface area contributed by atoms with Crippen molar-refractivity contribution in [2.24, 2.45) is 0 Å². The van der Waals surface area contributed by atoms with Crippen LogP contribution in [0.3, 0.4) is 0 Å². The lowest BCUT2D eigenvalue weighted by Gasteiger charge is -2.20. The van der Waals surface area contributed by atoms with Gasteiger partial charge in [0.25, 0.3) is 0 Å². The summed E-state index contributed by atoms with van der Waals surface area (Å²) in [6, 6.07) is -0.632. The third-order valence-electron chi connectivity index (χ3n) is 18.1. The van der Waals surface area contributed by atoms with Crippen molar-refractivity contribution in [3.8, 4) is 0 Å². The van der Waals surface area contributed by atoms with Gasteiger partial charge in [-0.3, -0.25) is 9.59 Å². The Balaban J connectivity index is 3.42. The van der Waals surface area contributed by atoms with Crippen LogP contribution in [0.15, 0.2) is 48.6 Å². The molecule has 86 heavy (non-hydrogen) atoms. The van der Waals surface area contributed by atoms with Gasteiger partial charge < -0.3 is 20.3 Å². The summed E-state index contributed by atoms with van der Waals surface area (Å²) in [6.07, 6.45) is 99.3. The van der Waals surface area contributed by atoms with Gasteiger partial charge in [-0.15, -0.1) is 0 Å². The Morgan fingerprint density at radius 1 is 0.326 bits per heavy atom. The Bertz CT molecular complexity index is 1440. The van der Waals surface area contributed by atoms with Gasteiger partial charge in [0.1, 0.15) is 0 Å². The molecule has 0 aliphatic carbocycles. The number of allylic oxidation sites excluding steroid dienone is 7. The van der Waals surface area contributed by atoms with E-state index in [-0.39, 0.29) is 18.5 Å². The first-order chi connectivity index (χ1) is 42.5. The van der Waals surface area contributed by atoms with E-state index in [1.54, 1.807) is 6.08 Å². The zero-order valence-corrected chi connectivity index (χ0v) is 58.1. The molecule has 0 aromatic carbocycles. The number of nitrogens with one attached hydrogen (secondary N) is 1. The standard InChI is InChI=1S/C80H151NO5/c1-3-5-7-9-11-13-15-17-19-21-23-24-25-28-31-34-37-40-44-48-52-56-60-64-68-72-78(83)77(76-82)81-79(84)73-69-65-61-57-53-49-45-41-38-35-32-29-26-27-30-33-36-39-43-47-51-55-59-63-67-71-75-86-80(85)74-70-66-62-58-54-50-46-42-22-20-18-16-14-12-10-8-6-4-2/h14,16,20,22,26,29,68,72,77-78,82-83H,3-13,15,17-19,21,23-25,27-28,30-67,69-71,73-76H2,1-2H3,(H,81,84)/b16-14-,22-20-,29-26-,72-68+. The lowest BCUT2D eigenvalue weighted by molar-refractivity contribution is -0.143. The lowest BCUT2D eigenvalue weighted by Crippen LogP contribution is -2.45. The Morgan fingerprint density at radius 2 is 0.581 bits per heavy atom. The number of hydrogen-bond donors (Lipinski definition) is 3. The highest BCUT2D eigenvalue weighted by Gasteiger charge is 2.18. The maximum atomic E-state index is 12.6. The number of amides is 1. The first-order valence-electron chi connectivity index (χ1n) is 38.9. The first-order valence-corrected chi connectivity index (χ1v) is 38.9. The van der Waals surface area contributed by atoms with Crippen molar-refractivity contribution in [1.82, 2.24) is 5.32 Å². The minimum atomic E-state index is -0.848. The summed E-state index contributed by atoms with van der Waals surface area (Å²) in [5.74, 6) is -0.0584. The van der Waals surface area contributed by atoms with Gasteiger partial charge in [0.15, 0.2) is 0 Å². The molecule has 3 N–H and O–H groups in total. The molecule has 0 saturated carbocycles. The van der Waals surface area contributed by atoms with Crippen molar-refractivity contribution in [2.75, 3.05) is 13.2 Å². The molecule has 1 amide bonds. The number of aliphatic hydroxyl groups is 2. The van der Waals surface area contributed by atoms with E-state index in [1.165, 1.54) is 347 Å². The number of esters is 1. The highest BCUT2D eigenvalue weighted by Crippen LogP contribution is 2.19. The molecule has 0 heterocycles. The molecular weight excluding hydrogens is 1050 g/mol. The van der Waals surface area contributed by atoms with Crippen molar-refractivity contribution in [3.63, 3.8) is 0 Å². The van der Waals surface area contributed by atoms with Gasteiger partial charge in [-0.1, -0.05) is 371 Å². The van der Waals surface area contributed by atoms with E-state index in [4.69, 9.17) is 4.74 Å². The number of unbranched alkanes of at least 4 members (excludes halogenated alkanes) is 56. The fourth-order valence-corrected chi connectivity index (χ4v) is 12.1. The van der Waals surface area contributed by atoms with Gasteiger partial charge in [0.2, 0.25) is 5.91 Å². The molecule has 6 heteroatoms. The number of hydrogen-bond acceptors (Lipinski definition) is 5. The van der Waals surface area contributed by atoms with Crippen molar-refractivity contribution in [1.29, 1.82) is 0 Å². The van der Waals surface area contributed by atoms with Crippen LogP contribution in [0.25, 0.3) is 0 Å². The Labute approximate surface area is 537 Å². The molecule has 0 rings (SSSR count). The molecule has 0 aliphatic rings. The van der Waals surface area contributed by atoms with Crippen LogP contribution in [0.5, 0.6) is 0 Å². The van der Waals surface area contributed by atoms with Gasteiger partial charge >= 0.3 is 5.97 Å². The quantitative estimate of drug-likeness (QED) is 0.0320. The fraction of sp³-hybridized carbons (Fsp3) is 0.875. The Kier molecular flexibility index (Phi) is 73.4. The van der Waals surface area contributed by atoms with E-state index >= 15 is 0 Å². The number of ether oxygens (including phenoxy) is 1. The topological polar surface area (TPSA) is 95.9 Å². The molecule has 0 aromatic rings. The molecule has 0 spiro atoms. The van der Waals surface area contributed by atoms with Crippen LogP contribution in [0.2, 0.25) is 0 Å². The van der Waals surface area contributed by atoms with E-state index in [9.17, 15) is 19.8 Å². The second kappa shape index (κ2) is 75.3. The second-order valence-corrected chi connectivity index (χ2v) is 26.7. The van der Waals surface area contributed by atoms with Crippen LogP contribution in [-0.2, 0) is 14.3 Å². The minimum absolute atomic E-state index is 0.00715. The number of rotatable bonds is 73. The zero-order valence-electron chi connectivity index (χ0n) is 58.1. The maximum Gasteiger partial charge on any atom is 0.305 e. The van der Waals surface area contributed by atoms with E-state index in [2.05, 4.69) is 55.6 Å². The average molecular weight is 1210 g/mol. The summed E-state index contributed by atoms with van der Waals surface area (Å²) in [6.45, 7) is 4.92. The minimum Gasteiger partial charge on any atom is -0.466 e. The Hall–Kier alpha value is -2.18. The molecule has 0 bridgehead atoms. The van der Waals surface area contributed by atoms with Gasteiger partial charge in [0.05, 0.1) is 25.4 Å². The van der Waals surface area contributed by atoms with Gasteiger partial charge in [-0.05, 0) is 89.9 Å². The molecule has 0 radical (unpaired) electrons. The third kappa shape index (κ3) is 70.9. The summed E-state index contributed by atoms with van der Waals surface area (Å²) < 4.78 is 5.50. The van der Waals surface area contributed by atoms with Crippen LogP contribution in [0.1, 0.15) is 425 Å². The molecule has 2 atom stereocenters. The normalized spacial score (nSPS) is 12.7. The molecule has 2 unspecified atom stereocenters. The van der Waals surface area contributed by atoms with Crippen LogP contribution < -0.4 is 5.32 Å². The number of carbonyl (C=O) groups is 2. The van der Waals surface area contributed by atoms with Crippen LogP contribution in [0, 0.1) is 0 Å². The summed E-state index contributed by atoms with van der Waals surface area (Å²) in [4.78, 5) is 24.7. The summed E-state index contributed by atoms with van der Waals surface area (Å²) in [7, 11) is 0. The molecule has 0 saturated heterocycles. The SMILES string of the molecule is CCCCCC/C=C\C/C=C\CCCCCCCCCC(=O)OCCCCCCCCCCCCCC/C=C\CCCCCCCCCCCCC(=O)NC(CO)C(O)/C=C/CCCCCCCCCCCCCCCCCCCCCCCCC. The van der Waals surface area contributed by atoms with Crippen molar-refractivity contribution >= 4 is 11.9 Å². The smallest absolute Gasteiger partial charge is 0.305 e. The molecular formula is C80H151NO5. The predicted octanol–water partition coefficient (Wildman–Crippen LogP) is 25.6. The Morgan fingerprint density at radius 3 is 0.907 bits per heavy atom. The van der Waals surface area contributed by atoms with E-state index in [0.717, 1.165) is 51.4 Å². The summed E-state index contributed by atoms with van der Waals surface area (Å²) >= 11 is 0. The van der Waals surface area contributed by atoms with Crippen LogP contribution >= 0.6 is 0 Å². The van der Waals surface area contributed by atoms with Gasteiger partial charge in [-0.25, -0.2) is 0 Å². The fourth-order valence-electron chi connectivity index (χ4n) is 12.1. The lowest BCUT2D eigenvalue weighted by atomic mass is 10.0. The zero-order chi connectivity index (χ0) is 62.0. The number of aliphatic hydroxyl groups excluding tert-OH is 2. The van der Waals surface area contributed by atoms with E-state index in [1.807, 2.05) is 6.08 Å². The van der Waals surface area contributed by atoms with Crippen LogP contribution in [0.4, 0.5) is 0 Å². The van der Waals surface area contributed by atoms with Crippen molar-refractivity contribution in [3.05, 3.63) is 48.6 Å². The van der Waals surface area contributed by atoms with Gasteiger partial charge in [-0.2, -0.15) is 0 Å². The van der Waals surface area contributed by atoms with Gasteiger partial charge in [0, 0.05) is 12.8 Å².